The Morgan fingerprint density at radius 3 is 2.25 bits per heavy atom. The van der Waals surface area contributed by atoms with Crippen LogP contribution in [0, 0.1) is 0 Å². The third-order valence-electron chi connectivity index (χ3n) is 4.85. The van der Waals surface area contributed by atoms with E-state index in [1.807, 2.05) is 57.2 Å². The van der Waals surface area contributed by atoms with Gasteiger partial charge >= 0.3 is 14.6 Å². The summed E-state index contributed by atoms with van der Waals surface area (Å²) < 4.78 is 35.1. The van der Waals surface area contributed by atoms with Crippen molar-refractivity contribution in [1.82, 2.24) is 0 Å². The fourth-order valence-corrected chi connectivity index (χ4v) is 4.32. The van der Waals surface area contributed by atoms with Gasteiger partial charge < -0.3 is 23.3 Å². The number of rotatable bonds is 11. The predicted molar refractivity (Wildman–Crippen MR) is 121 cm³/mol. The molecule has 8 heteroatoms. The first-order chi connectivity index (χ1) is 15.6. The number of hydrogen-bond acceptors (Lipinski definition) is 7. The Hall–Kier alpha value is -1.86. The zero-order valence-corrected chi connectivity index (χ0v) is 19.6. The first-order valence-corrected chi connectivity index (χ1v) is 12.0. The van der Waals surface area contributed by atoms with Gasteiger partial charge in [-0.1, -0.05) is 48.5 Å². The molecule has 32 heavy (non-hydrogen) atoms. The lowest BCUT2D eigenvalue weighted by atomic mass is 10.0. The molecule has 4 atom stereocenters. The maximum atomic E-state index is 12.8. The molecule has 1 aliphatic heterocycles. The normalized spacial score (nSPS) is 23.2. The molecule has 1 heterocycles. The van der Waals surface area contributed by atoms with Crippen molar-refractivity contribution in [3.05, 3.63) is 71.8 Å². The van der Waals surface area contributed by atoms with Crippen molar-refractivity contribution in [1.29, 1.82) is 0 Å². The maximum absolute atomic E-state index is 12.8. The summed E-state index contributed by atoms with van der Waals surface area (Å²) in [6.45, 7) is 6.94. The molecule has 0 N–H and O–H groups in total. The summed E-state index contributed by atoms with van der Waals surface area (Å²) in [5, 5.41) is 0. The topological polar surface area (TPSA) is 72.5 Å². The van der Waals surface area contributed by atoms with Gasteiger partial charge in [0.25, 0.3) is 0 Å². The minimum Gasteiger partial charge on any atom is -0.456 e. The molecule has 0 radical (unpaired) electrons. The SMILES string of the molecule is CCOP(OCC)OC1C[C@@H](OC(=O)c2ccccc2)[C@H](OCc2ccccc2)[C@@H](C)O1. The number of carbonyl (C=O) groups excluding carboxylic acids is 1. The lowest BCUT2D eigenvalue weighted by Crippen LogP contribution is -2.50. The highest BCUT2D eigenvalue weighted by Gasteiger charge is 2.41. The molecule has 7 nitrogen and oxygen atoms in total. The average Bonchev–Trinajstić information content (AvgIpc) is 2.80. The summed E-state index contributed by atoms with van der Waals surface area (Å²) in [7, 11) is -1.55. The minimum absolute atomic E-state index is 0.307. The molecule has 0 spiro atoms. The van der Waals surface area contributed by atoms with Crippen molar-refractivity contribution in [3.8, 4) is 0 Å². The standard InChI is InChI=1S/C24H31O7P/c1-4-27-32(28-5-2)31-22-16-21(30-24(25)20-14-10-7-11-15-20)23(18(3)29-22)26-17-19-12-8-6-9-13-19/h6-15,18,21-23H,4-5,16-17H2,1-3H3/t18-,21-,22?,23-/m1/s1. The van der Waals surface area contributed by atoms with Crippen LogP contribution in [0.15, 0.2) is 60.7 Å². The summed E-state index contributed by atoms with van der Waals surface area (Å²) in [5.41, 5.74) is 1.51. The highest BCUT2D eigenvalue weighted by molar-refractivity contribution is 7.41. The van der Waals surface area contributed by atoms with E-state index in [-0.39, 0.29) is 6.10 Å². The molecular formula is C24H31O7P. The summed E-state index contributed by atoms with van der Waals surface area (Å²) >= 11 is 0. The van der Waals surface area contributed by atoms with E-state index >= 15 is 0 Å². The van der Waals surface area contributed by atoms with Gasteiger partial charge in [0.15, 0.2) is 6.29 Å². The van der Waals surface area contributed by atoms with E-state index in [2.05, 4.69) is 0 Å². The number of ether oxygens (including phenoxy) is 3. The number of benzene rings is 2. The Balaban J connectivity index is 1.71. The Bertz CT molecular complexity index is 799. The van der Waals surface area contributed by atoms with E-state index in [4.69, 9.17) is 27.8 Å². The Labute approximate surface area is 190 Å². The molecule has 174 valence electrons. The van der Waals surface area contributed by atoms with E-state index in [0.29, 0.717) is 31.8 Å². The summed E-state index contributed by atoms with van der Waals surface area (Å²) in [4.78, 5) is 12.8. The van der Waals surface area contributed by atoms with E-state index in [0.717, 1.165) is 5.56 Å². The minimum atomic E-state index is -1.55. The first kappa shape index (κ1) is 24.8. The van der Waals surface area contributed by atoms with Crippen LogP contribution in [-0.2, 0) is 34.4 Å². The Kier molecular flexibility index (Phi) is 10.1. The smallest absolute Gasteiger partial charge is 0.338 e. The molecule has 1 saturated heterocycles. The fraction of sp³-hybridized carbons (Fsp3) is 0.458. The zero-order chi connectivity index (χ0) is 22.8. The second-order valence-electron chi connectivity index (χ2n) is 7.24. The van der Waals surface area contributed by atoms with Crippen molar-refractivity contribution in [2.45, 2.75) is 58.4 Å². The molecule has 0 bridgehead atoms. The van der Waals surface area contributed by atoms with Crippen LogP contribution in [0.3, 0.4) is 0 Å². The Morgan fingerprint density at radius 2 is 1.62 bits per heavy atom. The summed E-state index contributed by atoms with van der Waals surface area (Å²) in [6, 6.07) is 18.8. The van der Waals surface area contributed by atoms with Crippen molar-refractivity contribution >= 4 is 14.6 Å². The third-order valence-corrected chi connectivity index (χ3v) is 6.19. The van der Waals surface area contributed by atoms with Crippen LogP contribution in [-0.4, -0.2) is 43.8 Å². The van der Waals surface area contributed by atoms with Crippen LogP contribution in [0.4, 0.5) is 0 Å². The van der Waals surface area contributed by atoms with Crippen LogP contribution < -0.4 is 0 Å². The van der Waals surface area contributed by atoms with Gasteiger partial charge in [0.1, 0.15) is 12.2 Å². The van der Waals surface area contributed by atoms with E-state index in [9.17, 15) is 4.79 Å². The van der Waals surface area contributed by atoms with Crippen molar-refractivity contribution in [2.75, 3.05) is 13.2 Å². The van der Waals surface area contributed by atoms with Crippen molar-refractivity contribution < 1.29 is 32.6 Å². The van der Waals surface area contributed by atoms with Gasteiger partial charge in [-0.05, 0) is 38.5 Å². The molecule has 0 saturated carbocycles. The molecular weight excluding hydrogens is 431 g/mol. The lowest BCUT2D eigenvalue weighted by molar-refractivity contribution is -0.233. The Morgan fingerprint density at radius 1 is 1.00 bits per heavy atom. The van der Waals surface area contributed by atoms with Gasteiger partial charge in [0, 0.05) is 6.42 Å². The van der Waals surface area contributed by atoms with Crippen molar-refractivity contribution in [2.24, 2.45) is 0 Å². The first-order valence-electron chi connectivity index (χ1n) is 10.9. The van der Waals surface area contributed by atoms with Gasteiger partial charge in [-0.15, -0.1) is 0 Å². The highest BCUT2D eigenvalue weighted by Crippen LogP contribution is 2.43. The number of esters is 1. The van der Waals surface area contributed by atoms with Gasteiger partial charge in [-0.2, -0.15) is 0 Å². The largest absolute Gasteiger partial charge is 0.456 e. The number of carbonyl (C=O) groups is 1. The van der Waals surface area contributed by atoms with E-state index in [1.54, 1.807) is 24.3 Å². The van der Waals surface area contributed by atoms with Crippen LogP contribution in [0.25, 0.3) is 0 Å². The van der Waals surface area contributed by atoms with Gasteiger partial charge in [-0.3, -0.25) is 4.52 Å². The monoisotopic (exact) mass is 462 g/mol. The molecule has 0 aromatic heterocycles. The number of hydrogen-bond donors (Lipinski definition) is 0. The second kappa shape index (κ2) is 13.0. The van der Waals surface area contributed by atoms with E-state index < -0.39 is 33.1 Å². The molecule has 2 aromatic rings. The zero-order valence-electron chi connectivity index (χ0n) is 18.7. The molecule has 1 aliphatic rings. The van der Waals surface area contributed by atoms with E-state index in [1.165, 1.54) is 0 Å². The second-order valence-corrected chi connectivity index (χ2v) is 8.42. The quantitative estimate of drug-likeness (QED) is 0.334. The van der Waals surface area contributed by atoms with Crippen LogP contribution in [0.5, 0.6) is 0 Å². The molecule has 1 unspecified atom stereocenters. The van der Waals surface area contributed by atoms with Crippen molar-refractivity contribution in [3.63, 3.8) is 0 Å². The van der Waals surface area contributed by atoms with Gasteiger partial charge in [0.05, 0.1) is 31.5 Å². The molecule has 0 amide bonds. The summed E-state index contributed by atoms with van der Waals surface area (Å²) in [6.07, 6.45) is -1.71. The van der Waals surface area contributed by atoms with Crippen LogP contribution >= 0.6 is 8.60 Å². The average molecular weight is 462 g/mol. The fourth-order valence-electron chi connectivity index (χ4n) is 3.38. The predicted octanol–water partition coefficient (Wildman–Crippen LogP) is 5.25. The lowest BCUT2D eigenvalue weighted by Gasteiger charge is -2.40. The summed E-state index contributed by atoms with van der Waals surface area (Å²) in [5.74, 6) is -0.409. The maximum Gasteiger partial charge on any atom is 0.338 e. The van der Waals surface area contributed by atoms with Gasteiger partial charge in [0.2, 0.25) is 0 Å². The van der Waals surface area contributed by atoms with Crippen LogP contribution in [0.1, 0.15) is 43.1 Å². The highest BCUT2D eigenvalue weighted by atomic mass is 31.2. The molecule has 1 fully saturated rings. The molecule has 0 aliphatic carbocycles. The molecule has 3 rings (SSSR count). The third kappa shape index (κ3) is 7.34. The van der Waals surface area contributed by atoms with Gasteiger partial charge in [-0.25, -0.2) is 4.79 Å². The molecule has 2 aromatic carbocycles. The van der Waals surface area contributed by atoms with Crippen LogP contribution in [0.2, 0.25) is 0 Å².